The molecule has 0 aromatic heterocycles. The van der Waals surface area contributed by atoms with Crippen molar-refractivity contribution in [3.8, 4) is 6.07 Å². The minimum absolute atomic E-state index is 0.222. The van der Waals surface area contributed by atoms with Gasteiger partial charge in [0.25, 0.3) is 0 Å². The Labute approximate surface area is 133 Å². The molecule has 3 heteroatoms. The van der Waals surface area contributed by atoms with E-state index in [0.29, 0.717) is 13.0 Å². The van der Waals surface area contributed by atoms with Gasteiger partial charge in [-0.3, -0.25) is 4.90 Å². The zero-order valence-electron chi connectivity index (χ0n) is 12.9. The van der Waals surface area contributed by atoms with Gasteiger partial charge in [-0.15, -0.1) is 0 Å². The van der Waals surface area contributed by atoms with Gasteiger partial charge >= 0.3 is 0 Å². The first-order valence-corrected chi connectivity index (χ1v) is 7.72. The molecule has 3 nitrogen and oxygen atoms in total. The molecule has 2 aromatic rings. The summed E-state index contributed by atoms with van der Waals surface area (Å²) in [4.78, 5) is 2.38. The second-order valence-electron chi connectivity index (χ2n) is 5.46. The van der Waals surface area contributed by atoms with Gasteiger partial charge in [0.15, 0.2) is 0 Å². The lowest BCUT2D eigenvalue weighted by Crippen LogP contribution is -2.39. The van der Waals surface area contributed by atoms with E-state index in [1.807, 2.05) is 12.1 Å². The first kappa shape index (κ1) is 16.2. The Morgan fingerprint density at radius 2 is 1.41 bits per heavy atom. The highest BCUT2D eigenvalue weighted by molar-refractivity contribution is 5.17. The Morgan fingerprint density at radius 3 is 1.82 bits per heavy atom. The van der Waals surface area contributed by atoms with Gasteiger partial charge < -0.3 is 5.73 Å². The third kappa shape index (κ3) is 5.00. The minimum atomic E-state index is 0.222. The summed E-state index contributed by atoms with van der Waals surface area (Å²) in [5, 5.41) is 8.86. The van der Waals surface area contributed by atoms with Crippen molar-refractivity contribution in [3.63, 3.8) is 0 Å². The highest BCUT2D eigenvalue weighted by atomic mass is 15.2. The second-order valence-corrected chi connectivity index (χ2v) is 5.46. The van der Waals surface area contributed by atoms with Crippen molar-refractivity contribution in [1.82, 2.24) is 4.90 Å². The first-order chi connectivity index (χ1) is 10.8. The largest absolute Gasteiger partial charge is 0.329 e. The fraction of sp³-hybridized carbons (Fsp3) is 0.316. The van der Waals surface area contributed by atoms with E-state index in [-0.39, 0.29) is 6.04 Å². The summed E-state index contributed by atoms with van der Waals surface area (Å²) >= 11 is 0. The van der Waals surface area contributed by atoms with Gasteiger partial charge in [-0.25, -0.2) is 0 Å². The molecular formula is C19H23N3. The quantitative estimate of drug-likeness (QED) is 0.812. The Hall–Kier alpha value is -2.15. The fourth-order valence-electron chi connectivity index (χ4n) is 2.63. The summed E-state index contributed by atoms with van der Waals surface area (Å²) in [6.45, 7) is 2.27. The van der Waals surface area contributed by atoms with Crippen LogP contribution < -0.4 is 5.73 Å². The van der Waals surface area contributed by atoms with Gasteiger partial charge in [-0.2, -0.15) is 5.26 Å². The summed E-state index contributed by atoms with van der Waals surface area (Å²) < 4.78 is 0. The highest BCUT2D eigenvalue weighted by Crippen LogP contribution is 2.16. The lowest BCUT2D eigenvalue weighted by atomic mass is 10.1. The molecule has 0 fully saturated rings. The van der Waals surface area contributed by atoms with Crippen molar-refractivity contribution in [3.05, 3.63) is 71.8 Å². The average molecular weight is 293 g/mol. The van der Waals surface area contributed by atoms with E-state index in [9.17, 15) is 0 Å². The molecule has 0 spiro atoms. The van der Waals surface area contributed by atoms with Crippen LogP contribution in [-0.4, -0.2) is 17.5 Å². The first-order valence-electron chi connectivity index (χ1n) is 7.72. The topological polar surface area (TPSA) is 53.1 Å². The number of benzene rings is 2. The molecule has 1 atom stereocenters. The third-order valence-corrected chi connectivity index (χ3v) is 3.83. The molecule has 0 aliphatic carbocycles. The molecule has 2 N–H and O–H groups in total. The van der Waals surface area contributed by atoms with Crippen LogP contribution in [0.25, 0.3) is 0 Å². The number of nitriles is 1. The second kappa shape index (κ2) is 8.99. The summed E-state index contributed by atoms with van der Waals surface area (Å²) in [5.41, 5.74) is 8.51. The van der Waals surface area contributed by atoms with Crippen molar-refractivity contribution in [2.24, 2.45) is 5.73 Å². The maximum Gasteiger partial charge on any atom is 0.0622 e. The fourth-order valence-corrected chi connectivity index (χ4v) is 2.63. The maximum atomic E-state index is 8.86. The molecular weight excluding hydrogens is 270 g/mol. The van der Waals surface area contributed by atoms with Gasteiger partial charge in [0.1, 0.15) is 0 Å². The van der Waals surface area contributed by atoms with Crippen LogP contribution in [0.15, 0.2) is 60.7 Å². The predicted molar refractivity (Wildman–Crippen MR) is 89.8 cm³/mol. The lowest BCUT2D eigenvalue weighted by molar-refractivity contribution is 0.174. The van der Waals surface area contributed by atoms with Crippen LogP contribution in [0.2, 0.25) is 0 Å². The van der Waals surface area contributed by atoms with E-state index in [1.165, 1.54) is 11.1 Å². The zero-order chi connectivity index (χ0) is 15.6. The molecule has 2 rings (SSSR count). The number of hydrogen-bond acceptors (Lipinski definition) is 3. The zero-order valence-corrected chi connectivity index (χ0v) is 12.9. The van der Waals surface area contributed by atoms with Crippen LogP contribution in [0.4, 0.5) is 0 Å². The molecule has 0 amide bonds. The van der Waals surface area contributed by atoms with E-state index >= 15 is 0 Å². The van der Waals surface area contributed by atoms with Gasteiger partial charge in [0.2, 0.25) is 0 Å². The molecule has 0 aliphatic rings. The van der Waals surface area contributed by atoms with Crippen molar-refractivity contribution in [1.29, 1.82) is 5.26 Å². The van der Waals surface area contributed by atoms with Gasteiger partial charge in [-0.05, 0) is 17.5 Å². The van der Waals surface area contributed by atoms with Crippen LogP contribution in [0.5, 0.6) is 0 Å². The van der Waals surface area contributed by atoms with Crippen molar-refractivity contribution >= 4 is 0 Å². The predicted octanol–water partition coefficient (Wildman–Crippen LogP) is 3.32. The summed E-state index contributed by atoms with van der Waals surface area (Å²) in [5.74, 6) is 0. The Kier molecular flexibility index (Phi) is 6.63. The van der Waals surface area contributed by atoms with Crippen LogP contribution >= 0.6 is 0 Å². The molecule has 0 bridgehead atoms. The van der Waals surface area contributed by atoms with Crippen LogP contribution in [-0.2, 0) is 13.1 Å². The van der Waals surface area contributed by atoms with Gasteiger partial charge in [0, 0.05) is 32.1 Å². The molecule has 2 aromatic carbocycles. The number of nitrogens with two attached hydrogens (primary N) is 1. The Balaban J connectivity index is 2.13. The van der Waals surface area contributed by atoms with E-state index in [1.54, 1.807) is 0 Å². The SMILES string of the molecule is N#CCC[C@@H](CN)N(Cc1ccccc1)Cc1ccccc1. The van der Waals surface area contributed by atoms with Gasteiger partial charge in [-0.1, -0.05) is 60.7 Å². The minimum Gasteiger partial charge on any atom is -0.329 e. The molecule has 0 saturated carbocycles. The maximum absolute atomic E-state index is 8.86. The lowest BCUT2D eigenvalue weighted by Gasteiger charge is -2.31. The van der Waals surface area contributed by atoms with Crippen molar-refractivity contribution < 1.29 is 0 Å². The van der Waals surface area contributed by atoms with Gasteiger partial charge in [0.05, 0.1) is 6.07 Å². The normalized spacial score (nSPS) is 12.0. The Morgan fingerprint density at radius 1 is 0.909 bits per heavy atom. The number of nitrogens with zero attached hydrogens (tertiary/aromatic N) is 2. The molecule has 22 heavy (non-hydrogen) atoms. The van der Waals surface area contributed by atoms with Crippen molar-refractivity contribution in [2.75, 3.05) is 6.54 Å². The average Bonchev–Trinajstić information content (AvgIpc) is 2.57. The summed E-state index contributed by atoms with van der Waals surface area (Å²) in [7, 11) is 0. The molecule has 0 aliphatic heterocycles. The van der Waals surface area contributed by atoms with E-state index in [0.717, 1.165) is 19.5 Å². The Bertz CT molecular complexity index is 533. The van der Waals surface area contributed by atoms with E-state index in [2.05, 4.69) is 59.5 Å². The molecule has 0 radical (unpaired) electrons. The molecule has 0 heterocycles. The third-order valence-electron chi connectivity index (χ3n) is 3.83. The van der Waals surface area contributed by atoms with E-state index < -0.39 is 0 Å². The number of hydrogen-bond donors (Lipinski definition) is 1. The molecule has 114 valence electrons. The van der Waals surface area contributed by atoms with Crippen LogP contribution in [0, 0.1) is 11.3 Å². The van der Waals surface area contributed by atoms with E-state index in [4.69, 9.17) is 11.0 Å². The summed E-state index contributed by atoms with van der Waals surface area (Å²) in [6.07, 6.45) is 1.36. The van der Waals surface area contributed by atoms with Crippen LogP contribution in [0.1, 0.15) is 24.0 Å². The molecule has 0 unspecified atom stereocenters. The highest BCUT2D eigenvalue weighted by Gasteiger charge is 2.17. The standard InChI is InChI=1S/C19H23N3/c20-13-7-12-19(14-21)22(15-17-8-3-1-4-9-17)16-18-10-5-2-6-11-18/h1-6,8-11,19H,7,12,14-16,21H2/t19-/m0/s1. The molecule has 0 saturated heterocycles. The van der Waals surface area contributed by atoms with Crippen LogP contribution in [0.3, 0.4) is 0 Å². The smallest absolute Gasteiger partial charge is 0.0622 e. The monoisotopic (exact) mass is 293 g/mol. The summed E-state index contributed by atoms with van der Waals surface area (Å²) in [6, 6.07) is 23.3. The number of rotatable bonds is 8. The van der Waals surface area contributed by atoms with Crippen molar-refractivity contribution in [2.45, 2.75) is 32.0 Å².